The van der Waals surface area contributed by atoms with Gasteiger partial charge in [0.1, 0.15) is 34.0 Å². The third kappa shape index (κ3) is 6.67. The molecule has 1 spiro atoms. The van der Waals surface area contributed by atoms with E-state index >= 15 is 4.79 Å². The van der Waals surface area contributed by atoms with Crippen molar-refractivity contribution in [2.24, 2.45) is 11.8 Å². The van der Waals surface area contributed by atoms with Crippen molar-refractivity contribution < 1.29 is 52.7 Å². The number of phenols is 1. The molecule has 2 saturated heterocycles. The summed E-state index contributed by atoms with van der Waals surface area (Å²) in [4.78, 5) is 58.1. The first-order valence-corrected chi connectivity index (χ1v) is 21.6. The Morgan fingerprint density at radius 3 is 2.41 bits per heavy atom. The minimum absolute atomic E-state index is 0.00650. The van der Waals surface area contributed by atoms with Gasteiger partial charge in [0.2, 0.25) is 0 Å². The van der Waals surface area contributed by atoms with Crippen LogP contribution in [-0.4, -0.2) is 101 Å². The number of fused-ring (bicyclic) bond motifs is 3. The van der Waals surface area contributed by atoms with Crippen molar-refractivity contribution in [3.63, 3.8) is 0 Å². The van der Waals surface area contributed by atoms with Crippen molar-refractivity contribution in [1.82, 2.24) is 4.90 Å². The van der Waals surface area contributed by atoms with Gasteiger partial charge in [-0.15, -0.1) is 0 Å². The average molecular weight is 816 g/mol. The molecule has 2 saturated carbocycles. The van der Waals surface area contributed by atoms with E-state index in [0.29, 0.717) is 86.2 Å². The number of hydrogen-bond donors (Lipinski definition) is 1. The molecule has 4 aliphatic carbocycles. The molecule has 9 rings (SSSR count). The summed E-state index contributed by atoms with van der Waals surface area (Å²) in [7, 11) is 0. The number of phenolic OH excluding ortho intramolecular Hbond substituents is 1. The lowest BCUT2D eigenvalue weighted by Gasteiger charge is -2.56. The molecular weight excluding hydrogens is 755 g/mol. The molecule has 59 heavy (non-hydrogen) atoms. The molecule has 1 N–H and O–H groups in total. The number of Topliss-reactive ketones (excluding diaryl/α,β-unsaturated/α-hetero) is 2. The van der Waals surface area contributed by atoms with E-state index in [1.165, 1.54) is 6.92 Å². The molecule has 4 heterocycles. The van der Waals surface area contributed by atoms with Gasteiger partial charge < -0.3 is 33.5 Å². The molecule has 6 atom stereocenters. The Morgan fingerprint density at radius 1 is 0.983 bits per heavy atom. The summed E-state index contributed by atoms with van der Waals surface area (Å²) < 4.78 is 38.1. The van der Waals surface area contributed by atoms with E-state index in [4.69, 9.17) is 28.4 Å². The third-order valence-corrected chi connectivity index (χ3v) is 14.3. The first kappa shape index (κ1) is 41.7. The SMILES string of the molecule is CC(=O)OC1(C)CCC(=C(C)C)C(c2c(O)c3c(c4c2OC(C)(C)CC4)O[C@]24C(=C[C@@H]5C[C@H]2C(C)(C)O[C@@]4(C/C=C(\C)C(=O)OCCCN2CCOCC2)C5=O)C3=O)C1. The predicted molar refractivity (Wildman–Crippen MR) is 218 cm³/mol. The number of esters is 2. The molecule has 1 aromatic rings. The molecule has 2 unspecified atom stereocenters. The first-order valence-electron chi connectivity index (χ1n) is 21.6. The van der Waals surface area contributed by atoms with Crippen LogP contribution in [0.5, 0.6) is 17.2 Å². The molecule has 320 valence electrons. The number of hydrogen-bond acceptors (Lipinski definition) is 12. The highest BCUT2D eigenvalue weighted by Gasteiger charge is 2.81. The predicted octanol–water partition coefficient (Wildman–Crippen LogP) is 7.03. The van der Waals surface area contributed by atoms with Gasteiger partial charge in [0.05, 0.1) is 25.4 Å². The molecule has 0 aromatic heterocycles. The number of carbonyl (C=O) groups excluding carboxylic acids is 4. The molecular formula is C47H61NO11. The van der Waals surface area contributed by atoms with Gasteiger partial charge in [-0.2, -0.15) is 0 Å². The van der Waals surface area contributed by atoms with Crippen LogP contribution < -0.4 is 9.47 Å². The lowest BCUT2D eigenvalue weighted by molar-refractivity contribution is -0.171. The highest BCUT2D eigenvalue weighted by Crippen LogP contribution is 2.69. The van der Waals surface area contributed by atoms with Crippen molar-refractivity contribution in [3.8, 4) is 17.2 Å². The van der Waals surface area contributed by atoms with E-state index in [0.717, 1.165) is 30.8 Å². The topological polar surface area (TPSA) is 147 Å². The number of allylic oxidation sites excluding steroid dienone is 3. The standard InChI is InChI=1S/C47H61NO11/c1-26(2)30-13-15-45(9,56-28(4)49)25-32(30)35-38(51)36-37(50)33-23-29-24-34-44(7,8)59-46(41(29)52,47(33,34)58-40(36)31-12-14-43(5,6)57-39(31)35)16-11-27(3)42(53)55-20-10-17-48-18-21-54-22-19-48/h11,23,29,32,34,51H,10,12-22,24-25H2,1-9H3/b27-11+/t29-,32?,34+,45?,46+,47-/m1/s1. The highest BCUT2D eigenvalue weighted by atomic mass is 16.6. The fraction of sp³-hybridized carbons (Fsp3) is 0.660. The second-order valence-corrected chi connectivity index (χ2v) is 19.5. The smallest absolute Gasteiger partial charge is 0.333 e. The van der Waals surface area contributed by atoms with E-state index in [1.54, 1.807) is 19.1 Å². The van der Waals surface area contributed by atoms with Crippen LogP contribution in [0.2, 0.25) is 0 Å². The number of rotatable bonds is 9. The number of aromatic hydroxyl groups is 1. The third-order valence-electron chi connectivity index (χ3n) is 14.3. The quantitative estimate of drug-likeness (QED) is 0.118. The van der Waals surface area contributed by atoms with Crippen LogP contribution >= 0.6 is 0 Å². The molecule has 4 aliphatic heterocycles. The maximum atomic E-state index is 15.4. The Bertz CT molecular complexity index is 2080. The number of nitrogens with zero attached hydrogens (tertiary/aromatic N) is 1. The van der Waals surface area contributed by atoms with E-state index in [-0.39, 0.29) is 41.8 Å². The zero-order chi connectivity index (χ0) is 42.4. The molecule has 0 amide bonds. The van der Waals surface area contributed by atoms with Crippen molar-refractivity contribution in [1.29, 1.82) is 0 Å². The largest absolute Gasteiger partial charge is 0.507 e. The Kier molecular flexibility index (Phi) is 10.3. The monoisotopic (exact) mass is 815 g/mol. The number of ether oxygens (including phenoxy) is 6. The van der Waals surface area contributed by atoms with Gasteiger partial charge in [-0.05, 0) is 100 Å². The van der Waals surface area contributed by atoms with E-state index in [9.17, 15) is 19.5 Å². The van der Waals surface area contributed by atoms with Gasteiger partial charge in [0.15, 0.2) is 22.8 Å². The van der Waals surface area contributed by atoms with Crippen molar-refractivity contribution in [3.05, 3.63) is 51.1 Å². The first-order chi connectivity index (χ1) is 27.7. The summed E-state index contributed by atoms with van der Waals surface area (Å²) in [5.74, 6) is -2.38. The zero-order valence-corrected chi connectivity index (χ0v) is 36.3. The van der Waals surface area contributed by atoms with Crippen LogP contribution in [0.25, 0.3) is 0 Å². The van der Waals surface area contributed by atoms with Gasteiger partial charge in [0, 0.05) is 73.0 Å². The minimum atomic E-state index is -1.63. The summed E-state index contributed by atoms with van der Waals surface area (Å²) in [5, 5.41) is 12.7. The van der Waals surface area contributed by atoms with Gasteiger partial charge >= 0.3 is 11.9 Å². The molecule has 1 aromatic carbocycles. The second kappa shape index (κ2) is 14.6. The van der Waals surface area contributed by atoms with Crippen molar-refractivity contribution in [2.75, 3.05) is 39.5 Å². The molecule has 12 nitrogen and oxygen atoms in total. The van der Waals surface area contributed by atoms with Gasteiger partial charge in [-0.25, -0.2) is 4.79 Å². The summed E-state index contributed by atoms with van der Waals surface area (Å²) in [6, 6.07) is 0. The molecule has 4 bridgehead atoms. The van der Waals surface area contributed by atoms with Gasteiger partial charge in [0.25, 0.3) is 0 Å². The fourth-order valence-corrected chi connectivity index (χ4v) is 11.5. The molecule has 12 heteroatoms. The number of morpholine rings is 1. The van der Waals surface area contributed by atoms with Crippen LogP contribution in [0.1, 0.15) is 135 Å². The maximum Gasteiger partial charge on any atom is 0.333 e. The zero-order valence-electron chi connectivity index (χ0n) is 36.3. The Morgan fingerprint density at radius 2 is 1.71 bits per heavy atom. The molecule has 0 radical (unpaired) electrons. The van der Waals surface area contributed by atoms with Crippen LogP contribution in [0, 0.1) is 11.8 Å². The minimum Gasteiger partial charge on any atom is -0.507 e. The van der Waals surface area contributed by atoms with Crippen LogP contribution in [-0.2, 0) is 39.8 Å². The van der Waals surface area contributed by atoms with Crippen LogP contribution in [0.3, 0.4) is 0 Å². The highest BCUT2D eigenvalue weighted by molar-refractivity contribution is 6.18. The number of ketones is 2. The van der Waals surface area contributed by atoms with Crippen molar-refractivity contribution >= 4 is 23.5 Å². The fourth-order valence-electron chi connectivity index (χ4n) is 11.5. The lowest BCUT2D eigenvalue weighted by Crippen LogP contribution is -2.72. The maximum absolute atomic E-state index is 15.4. The van der Waals surface area contributed by atoms with Crippen molar-refractivity contribution in [2.45, 2.75) is 148 Å². The molecule has 4 fully saturated rings. The van der Waals surface area contributed by atoms with Gasteiger partial charge in [-0.3, -0.25) is 19.3 Å². The lowest BCUT2D eigenvalue weighted by atomic mass is 9.51. The van der Waals surface area contributed by atoms with E-state index in [2.05, 4.69) is 4.90 Å². The Hall–Kier alpha value is -4.00. The number of benzene rings is 1. The van der Waals surface area contributed by atoms with Crippen LogP contribution in [0.15, 0.2) is 34.4 Å². The van der Waals surface area contributed by atoms with Gasteiger partial charge in [-0.1, -0.05) is 23.3 Å². The summed E-state index contributed by atoms with van der Waals surface area (Å²) >= 11 is 0. The average Bonchev–Trinajstić information content (AvgIpc) is 3.31. The summed E-state index contributed by atoms with van der Waals surface area (Å²) in [6.07, 6.45) is 7.32. The van der Waals surface area contributed by atoms with E-state index < -0.39 is 57.5 Å². The van der Waals surface area contributed by atoms with Crippen LogP contribution in [0.4, 0.5) is 0 Å². The normalized spacial score (nSPS) is 32.9. The number of carbonyl (C=O) groups is 4. The Balaban J connectivity index is 1.20. The Labute approximate surface area is 347 Å². The second-order valence-electron chi connectivity index (χ2n) is 19.5. The molecule has 8 aliphatic rings. The summed E-state index contributed by atoms with van der Waals surface area (Å²) in [5.41, 5.74) is -1.37. The summed E-state index contributed by atoms with van der Waals surface area (Å²) in [6.45, 7) is 21.2. The van der Waals surface area contributed by atoms with E-state index in [1.807, 2.05) is 48.5 Å².